The molecule has 0 saturated carbocycles. The third-order valence-electron chi connectivity index (χ3n) is 2.74. The summed E-state index contributed by atoms with van der Waals surface area (Å²) < 4.78 is 0. The van der Waals surface area contributed by atoms with Gasteiger partial charge < -0.3 is 4.84 Å². The van der Waals surface area contributed by atoms with Crippen molar-refractivity contribution >= 4 is 17.8 Å². The molecule has 98 valence electrons. The summed E-state index contributed by atoms with van der Waals surface area (Å²) in [6.45, 7) is 3.54. The van der Waals surface area contributed by atoms with Crippen LogP contribution >= 0.6 is 0 Å². The number of hydrogen-bond acceptors (Lipinski definition) is 4. The maximum atomic E-state index is 11.7. The SMILES string of the molecule is C=C1CCC(=O)N(OC(=O)Cc2ccccc2)C1=O. The second-order valence-corrected chi connectivity index (χ2v) is 4.22. The second kappa shape index (κ2) is 5.48. The number of rotatable bonds is 3. The normalized spacial score (nSPS) is 15.6. The van der Waals surface area contributed by atoms with Crippen LogP contribution in [-0.4, -0.2) is 22.8 Å². The van der Waals surface area contributed by atoms with Gasteiger partial charge in [-0.1, -0.05) is 42.0 Å². The van der Waals surface area contributed by atoms with Crippen LogP contribution in [0.4, 0.5) is 0 Å². The Morgan fingerprint density at radius 2 is 1.89 bits per heavy atom. The molecule has 0 aromatic heterocycles. The van der Waals surface area contributed by atoms with Crippen molar-refractivity contribution in [1.29, 1.82) is 0 Å². The molecule has 1 aromatic carbocycles. The molecule has 2 amide bonds. The van der Waals surface area contributed by atoms with E-state index in [9.17, 15) is 14.4 Å². The minimum absolute atomic E-state index is 0.00434. The van der Waals surface area contributed by atoms with Crippen molar-refractivity contribution in [1.82, 2.24) is 5.06 Å². The molecule has 1 aliphatic heterocycles. The molecule has 5 nitrogen and oxygen atoms in total. The molecule has 0 atom stereocenters. The van der Waals surface area contributed by atoms with Gasteiger partial charge in [-0.3, -0.25) is 9.59 Å². The first kappa shape index (κ1) is 13.0. The Morgan fingerprint density at radius 3 is 2.58 bits per heavy atom. The molecular weight excluding hydrogens is 246 g/mol. The van der Waals surface area contributed by atoms with Crippen LogP contribution in [0, 0.1) is 0 Å². The van der Waals surface area contributed by atoms with E-state index in [-0.39, 0.29) is 18.4 Å². The monoisotopic (exact) mass is 259 g/mol. The molecule has 1 fully saturated rings. The van der Waals surface area contributed by atoms with E-state index in [4.69, 9.17) is 4.84 Å². The fourth-order valence-corrected chi connectivity index (χ4v) is 1.71. The zero-order chi connectivity index (χ0) is 13.8. The number of imide groups is 1. The van der Waals surface area contributed by atoms with E-state index in [1.165, 1.54) is 0 Å². The van der Waals surface area contributed by atoms with Gasteiger partial charge in [0.2, 0.25) is 0 Å². The average Bonchev–Trinajstić information content (AvgIpc) is 2.40. The van der Waals surface area contributed by atoms with E-state index in [0.29, 0.717) is 11.5 Å². The van der Waals surface area contributed by atoms with Crippen LogP contribution in [0.3, 0.4) is 0 Å². The molecule has 1 saturated heterocycles. The molecule has 0 unspecified atom stereocenters. The first-order chi connectivity index (χ1) is 9.08. The zero-order valence-corrected chi connectivity index (χ0v) is 10.3. The van der Waals surface area contributed by atoms with E-state index in [2.05, 4.69) is 6.58 Å². The molecule has 0 N–H and O–H groups in total. The number of hydrogen-bond donors (Lipinski definition) is 0. The number of nitrogens with zero attached hydrogens (tertiary/aromatic N) is 1. The molecule has 1 aliphatic rings. The number of carbonyl (C=O) groups excluding carboxylic acids is 3. The first-order valence-electron chi connectivity index (χ1n) is 5.87. The Morgan fingerprint density at radius 1 is 1.21 bits per heavy atom. The minimum atomic E-state index is -0.650. The number of amides is 2. The van der Waals surface area contributed by atoms with Gasteiger partial charge in [0.1, 0.15) is 0 Å². The fraction of sp³-hybridized carbons (Fsp3) is 0.214. The third-order valence-corrected chi connectivity index (χ3v) is 2.74. The van der Waals surface area contributed by atoms with Gasteiger partial charge in [0.15, 0.2) is 0 Å². The van der Waals surface area contributed by atoms with Crippen molar-refractivity contribution in [3.63, 3.8) is 0 Å². The van der Waals surface area contributed by atoms with Crippen molar-refractivity contribution < 1.29 is 19.2 Å². The highest BCUT2D eigenvalue weighted by atomic mass is 16.7. The number of carbonyl (C=O) groups is 3. The van der Waals surface area contributed by atoms with Crippen LogP contribution < -0.4 is 0 Å². The Labute approximate surface area is 110 Å². The lowest BCUT2D eigenvalue weighted by Gasteiger charge is -2.24. The van der Waals surface area contributed by atoms with Crippen molar-refractivity contribution in [2.75, 3.05) is 0 Å². The molecule has 0 spiro atoms. The van der Waals surface area contributed by atoms with Crippen molar-refractivity contribution in [2.24, 2.45) is 0 Å². The van der Waals surface area contributed by atoms with Crippen LogP contribution in [-0.2, 0) is 25.6 Å². The summed E-state index contributed by atoms with van der Waals surface area (Å²) in [4.78, 5) is 39.7. The number of hydroxylamine groups is 2. The van der Waals surface area contributed by atoms with Gasteiger partial charge in [0, 0.05) is 12.0 Å². The van der Waals surface area contributed by atoms with E-state index in [1.54, 1.807) is 24.3 Å². The van der Waals surface area contributed by atoms with Crippen molar-refractivity contribution in [2.45, 2.75) is 19.3 Å². The summed E-state index contributed by atoms with van der Waals surface area (Å²) in [7, 11) is 0. The lowest BCUT2D eigenvalue weighted by molar-refractivity contribution is -0.202. The summed E-state index contributed by atoms with van der Waals surface area (Å²) in [5.74, 6) is -1.81. The van der Waals surface area contributed by atoms with Gasteiger partial charge in [-0.05, 0) is 12.0 Å². The molecular formula is C14H13NO4. The van der Waals surface area contributed by atoms with E-state index in [1.807, 2.05) is 6.07 Å². The molecule has 0 radical (unpaired) electrons. The highest BCUT2D eigenvalue weighted by Gasteiger charge is 2.32. The largest absolute Gasteiger partial charge is 0.337 e. The number of piperidine rings is 1. The molecule has 1 heterocycles. The third kappa shape index (κ3) is 3.07. The smallest absolute Gasteiger partial charge is 0.330 e. The molecule has 0 aliphatic carbocycles. The summed E-state index contributed by atoms with van der Waals surface area (Å²) >= 11 is 0. The molecule has 0 bridgehead atoms. The maximum Gasteiger partial charge on any atom is 0.337 e. The predicted octanol–water partition coefficient (Wildman–Crippen LogP) is 1.39. The minimum Gasteiger partial charge on any atom is -0.330 e. The standard InChI is InChI=1S/C14H13NO4/c1-10-7-8-12(16)15(14(10)18)19-13(17)9-11-5-3-2-4-6-11/h2-6H,1,7-9H2. The zero-order valence-electron chi connectivity index (χ0n) is 10.3. The Bertz CT molecular complexity index is 536. The molecule has 19 heavy (non-hydrogen) atoms. The first-order valence-corrected chi connectivity index (χ1v) is 5.87. The Kier molecular flexibility index (Phi) is 3.75. The fourth-order valence-electron chi connectivity index (χ4n) is 1.71. The van der Waals surface area contributed by atoms with E-state index < -0.39 is 17.8 Å². The highest BCUT2D eigenvalue weighted by Crippen LogP contribution is 2.17. The van der Waals surface area contributed by atoms with Crippen LogP contribution in [0.15, 0.2) is 42.5 Å². The molecule has 5 heteroatoms. The Balaban J connectivity index is 2.00. The average molecular weight is 259 g/mol. The van der Waals surface area contributed by atoms with Gasteiger partial charge in [-0.15, -0.1) is 0 Å². The topological polar surface area (TPSA) is 63.7 Å². The maximum absolute atomic E-state index is 11.7. The van der Waals surface area contributed by atoms with Crippen molar-refractivity contribution in [3.05, 3.63) is 48.0 Å². The summed E-state index contributed by atoms with van der Waals surface area (Å²) in [6, 6.07) is 8.94. The quantitative estimate of drug-likeness (QED) is 0.608. The van der Waals surface area contributed by atoms with Gasteiger partial charge in [0.05, 0.1) is 6.42 Å². The van der Waals surface area contributed by atoms with Crippen LogP contribution in [0.5, 0.6) is 0 Å². The lowest BCUT2D eigenvalue weighted by Crippen LogP contribution is -2.42. The van der Waals surface area contributed by atoms with Gasteiger partial charge >= 0.3 is 5.97 Å². The van der Waals surface area contributed by atoms with Crippen molar-refractivity contribution in [3.8, 4) is 0 Å². The molecule has 2 rings (SSSR count). The van der Waals surface area contributed by atoms with Gasteiger partial charge in [0.25, 0.3) is 11.8 Å². The van der Waals surface area contributed by atoms with Crippen LogP contribution in [0.2, 0.25) is 0 Å². The summed E-state index contributed by atoms with van der Waals surface area (Å²) in [6.07, 6.45) is 0.442. The number of benzene rings is 1. The molecule has 1 aromatic rings. The summed E-state index contributed by atoms with van der Waals surface area (Å²) in [5.41, 5.74) is 1.02. The lowest BCUT2D eigenvalue weighted by atomic mass is 10.1. The second-order valence-electron chi connectivity index (χ2n) is 4.22. The Hall–Kier alpha value is -2.43. The summed E-state index contributed by atoms with van der Waals surface area (Å²) in [5, 5.41) is 0.511. The van der Waals surface area contributed by atoms with E-state index in [0.717, 1.165) is 5.56 Å². The van der Waals surface area contributed by atoms with Crippen LogP contribution in [0.25, 0.3) is 0 Å². The highest BCUT2D eigenvalue weighted by molar-refractivity contribution is 6.06. The predicted molar refractivity (Wildman–Crippen MR) is 66.5 cm³/mol. The van der Waals surface area contributed by atoms with Crippen LogP contribution in [0.1, 0.15) is 18.4 Å². The van der Waals surface area contributed by atoms with Gasteiger partial charge in [-0.25, -0.2) is 4.79 Å². The van der Waals surface area contributed by atoms with E-state index >= 15 is 0 Å². The van der Waals surface area contributed by atoms with Gasteiger partial charge in [-0.2, -0.15) is 0 Å².